The lowest BCUT2D eigenvalue weighted by Gasteiger charge is -2.06. The Morgan fingerprint density at radius 2 is 1.85 bits per heavy atom. The van der Waals surface area contributed by atoms with E-state index in [9.17, 15) is 26.0 Å². The van der Waals surface area contributed by atoms with Crippen LogP contribution in [0.25, 0.3) is 0 Å². The first-order valence-electron chi connectivity index (χ1n) is 5.20. The fraction of sp³-hybridized carbons (Fsp3) is 0.300. The van der Waals surface area contributed by atoms with Crippen molar-refractivity contribution in [1.82, 2.24) is 5.32 Å². The van der Waals surface area contributed by atoms with E-state index in [1.807, 2.05) is 0 Å². The third kappa shape index (κ3) is 5.43. The lowest BCUT2D eigenvalue weighted by atomic mass is 10.2. The van der Waals surface area contributed by atoms with Crippen LogP contribution in [-0.2, 0) is 18.9 Å². The smallest absolute Gasteiger partial charge is 0.261 e. The minimum atomic E-state index is -4.17. The Bertz CT molecular complexity index is 730. The van der Waals surface area contributed by atoms with Gasteiger partial charge >= 0.3 is 0 Å². The van der Waals surface area contributed by atoms with Crippen molar-refractivity contribution >= 4 is 35.5 Å². The summed E-state index contributed by atoms with van der Waals surface area (Å²) in [5.74, 6) is -2.02. The maximum absolute atomic E-state index is 13.2. The predicted octanol–water partition coefficient (Wildman–Crippen LogP) is 0.528. The SMILES string of the molecule is CS(=O)(=O)CCNC(=O)c1cc(F)cc(S(=O)(=O)Cl)c1. The molecule has 0 aliphatic carbocycles. The number of benzene rings is 1. The number of amides is 1. The van der Waals surface area contributed by atoms with Gasteiger partial charge in [0.05, 0.1) is 10.6 Å². The Hall–Kier alpha value is -1.19. The van der Waals surface area contributed by atoms with Crippen LogP contribution in [0.1, 0.15) is 10.4 Å². The molecule has 1 N–H and O–H groups in total. The highest BCUT2D eigenvalue weighted by atomic mass is 35.7. The van der Waals surface area contributed by atoms with Gasteiger partial charge in [-0.1, -0.05) is 0 Å². The first kappa shape index (κ1) is 16.9. The molecule has 0 aliphatic heterocycles. The maximum Gasteiger partial charge on any atom is 0.261 e. The summed E-state index contributed by atoms with van der Waals surface area (Å²) < 4.78 is 57.2. The molecule has 0 bridgehead atoms. The molecule has 1 aromatic rings. The van der Waals surface area contributed by atoms with E-state index in [0.717, 1.165) is 18.4 Å². The molecular weight excluding hydrogens is 333 g/mol. The molecule has 112 valence electrons. The lowest BCUT2D eigenvalue weighted by molar-refractivity contribution is 0.0955. The van der Waals surface area contributed by atoms with Crippen LogP contribution in [0.4, 0.5) is 4.39 Å². The Morgan fingerprint density at radius 1 is 1.25 bits per heavy atom. The van der Waals surface area contributed by atoms with Gasteiger partial charge in [0.1, 0.15) is 15.7 Å². The molecule has 0 saturated carbocycles. The maximum atomic E-state index is 13.2. The van der Waals surface area contributed by atoms with Crippen LogP contribution < -0.4 is 5.32 Å². The van der Waals surface area contributed by atoms with E-state index in [0.29, 0.717) is 6.07 Å². The van der Waals surface area contributed by atoms with Gasteiger partial charge in [-0.15, -0.1) is 0 Å². The van der Waals surface area contributed by atoms with Crippen molar-refractivity contribution in [1.29, 1.82) is 0 Å². The molecule has 0 aliphatic rings. The minimum absolute atomic E-state index is 0.170. The Morgan fingerprint density at radius 3 is 2.35 bits per heavy atom. The minimum Gasteiger partial charge on any atom is -0.351 e. The average molecular weight is 344 g/mol. The fourth-order valence-electron chi connectivity index (χ4n) is 1.29. The second kappa shape index (κ2) is 6.06. The van der Waals surface area contributed by atoms with Gasteiger partial charge in [-0.25, -0.2) is 21.2 Å². The summed E-state index contributed by atoms with van der Waals surface area (Å²) in [5, 5.41) is 2.24. The third-order valence-corrected chi connectivity index (χ3v) is 4.45. The molecular formula is C10H11ClFNO5S2. The molecule has 10 heteroatoms. The molecule has 0 saturated heterocycles. The normalized spacial score (nSPS) is 12.2. The molecule has 1 aromatic carbocycles. The van der Waals surface area contributed by atoms with Crippen molar-refractivity contribution in [3.63, 3.8) is 0 Å². The molecule has 0 spiro atoms. The molecule has 0 radical (unpaired) electrons. The second-order valence-corrected chi connectivity index (χ2v) is 8.82. The van der Waals surface area contributed by atoms with Crippen LogP contribution in [0.15, 0.2) is 23.1 Å². The van der Waals surface area contributed by atoms with Crippen LogP contribution in [-0.4, -0.2) is 41.3 Å². The highest BCUT2D eigenvalue weighted by Crippen LogP contribution is 2.18. The Balaban J connectivity index is 2.92. The Labute approximate surface area is 120 Å². The van der Waals surface area contributed by atoms with Gasteiger partial charge in [-0.05, 0) is 18.2 Å². The number of carbonyl (C=O) groups is 1. The molecule has 1 rings (SSSR count). The van der Waals surface area contributed by atoms with E-state index in [2.05, 4.69) is 5.32 Å². The molecule has 20 heavy (non-hydrogen) atoms. The summed E-state index contributed by atoms with van der Waals surface area (Å²) in [4.78, 5) is 11.1. The van der Waals surface area contributed by atoms with Crippen molar-refractivity contribution in [3.8, 4) is 0 Å². The molecule has 0 heterocycles. The predicted molar refractivity (Wildman–Crippen MR) is 71.5 cm³/mol. The molecule has 0 fully saturated rings. The quantitative estimate of drug-likeness (QED) is 0.786. The summed E-state index contributed by atoms with van der Waals surface area (Å²) in [5.41, 5.74) is -0.266. The van der Waals surface area contributed by atoms with Crippen molar-refractivity contribution in [2.75, 3.05) is 18.6 Å². The molecule has 1 amide bonds. The highest BCUT2D eigenvalue weighted by Gasteiger charge is 2.16. The number of sulfone groups is 1. The zero-order chi connectivity index (χ0) is 15.6. The molecule has 0 atom stereocenters. The number of halogens is 2. The van der Waals surface area contributed by atoms with Gasteiger partial charge in [0, 0.05) is 29.0 Å². The zero-order valence-corrected chi connectivity index (χ0v) is 12.6. The molecule has 0 unspecified atom stereocenters. The van der Waals surface area contributed by atoms with Crippen molar-refractivity contribution < 1.29 is 26.0 Å². The zero-order valence-electron chi connectivity index (χ0n) is 10.3. The van der Waals surface area contributed by atoms with Gasteiger partial charge in [0.2, 0.25) is 0 Å². The van der Waals surface area contributed by atoms with Crippen LogP contribution in [0.5, 0.6) is 0 Å². The summed E-state index contributed by atoms with van der Waals surface area (Å²) in [7, 11) is -2.35. The monoisotopic (exact) mass is 343 g/mol. The number of hydrogen-bond acceptors (Lipinski definition) is 5. The van der Waals surface area contributed by atoms with Gasteiger partial charge in [0.25, 0.3) is 15.0 Å². The number of hydrogen-bond donors (Lipinski definition) is 1. The van der Waals surface area contributed by atoms with Crippen LogP contribution in [0, 0.1) is 5.82 Å². The van der Waals surface area contributed by atoms with Gasteiger partial charge in [-0.3, -0.25) is 4.79 Å². The van der Waals surface area contributed by atoms with Crippen molar-refractivity contribution in [3.05, 3.63) is 29.6 Å². The molecule has 0 aromatic heterocycles. The standard InChI is InChI=1S/C10H11ClFNO5S2/c1-19(15,16)3-2-13-10(14)7-4-8(12)6-9(5-7)20(11,17)18/h4-6H,2-3H2,1H3,(H,13,14). The van der Waals surface area contributed by atoms with E-state index in [1.54, 1.807) is 0 Å². The lowest BCUT2D eigenvalue weighted by Crippen LogP contribution is -2.29. The third-order valence-electron chi connectivity index (χ3n) is 2.17. The number of rotatable bonds is 5. The number of carbonyl (C=O) groups excluding carboxylic acids is 1. The Kier molecular flexibility index (Phi) is 5.11. The van der Waals surface area contributed by atoms with Crippen molar-refractivity contribution in [2.24, 2.45) is 0 Å². The van der Waals surface area contributed by atoms with E-state index in [1.165, 1.54) is 0 Å². The summed E-state index contributed by atoms with van der Waals surface area (Å²) >= 11 is 0. The van der Waals surface area contributed by atoms with Crippen LogP contribution in [0.3, 0.4) is 0 Å². The van der Waals surface area contributed by atoms with Gasteiger partial charge in [-0.2, -0.15) is 0 Å². The highest BCUT2D eigenvalue weighted by molar-refractivity contribution is 8.13. The van der Waals surface area contributed by atoms with E-state index < -0.39 is 35.5 Å². The van der Waals surface area contributed by atoms with Crippen LogP contribution >= 0.6 is 10.7 Å². The van der Waals surface area contributed by atoms with E-state index >= 15 is 0 Å². The topological polar surface area (TPSA) is 97.4 Å². The summed E-state index contributed by atoms with van der Waals surface area (Å²) in [6.45, 7) is -0.170. The largest absolute Gasteiger partial charge is 0.351 e. The fourth-order valence-corrected chi connectivity index (χ4v) is 2.55. The van der Waals surface area contributed by atoms with E-state index in [4.69, 9.17) is 10.7 Å². The van der Waals surface area contributed by atoms with E-state index in [-0.39, 0.29) is 17.9 Å². The first-order valence-corrected chi connectivity index (χ1v) is 9.57. The summed E-state index contributed by atoms with van der Waals surface area (Å²) in [6.07, 6.45) is 1.000. The molecule has 6 nitrogen and oxygen atoms in total. The van der Waals surface area contributed by atoms with Gasteiger partial charge in [0.15, 0.2) is 0 Å². The first-order chi connectivity index (χ1) is 8.99. The second-order valence-electron chi connectivity index (χ2n) is 4.00. The average Bonchev–Trinajstić information content (AvgIpc) is 2.25. The van der Waals surface area contributed by atoms with Crippen molar-refractivity contribution in [2.45, 2.75) is 4.90 Å². The number of nitrogens with one attached hydrogen (secondary N) is 1. The summed E-state index contributed by atoms with van der Waals surface area (Å²) in [6, 6.07) is 2.40. The van der Waals surface area contributed by atoms with Gasteiger partial charge < -0.3 is 5.32 Å². The van der Waals surface area contributed by atoms with Crippen LogP contribution in [0.2, 0.25) is 0 Å².